The maximum atomic E-state index is 11.9. The van der Waals surface area contributed by atoms with Gasteiger partial charge >= 0.3 is 5.69 Å². The van der Waals surface area contributed by atoms with Crippen LogP contribution in [0.2, 0.25) is 0 Å². The third-order valence-corrected chi connectivity index (χ3v) is 2.49. The van der Waals surface area contributed by atoms with Gasteiger partial charge in [-0.3, -0.25) is 4.40 Å². The van der Waals surface area contributed by atoms with Crippen molar-refractivity contribution in [2.75, 3.05) is 6.54 Å². The summed E-state index contributed by atoms with van der Waals surface area (Å²) >= 11 is 0. The molecule has 0 aromatic carbocycles. The van der Waals surface area contributed by atoms with Gasteiger partial charge in [-0.15, -0.1) is 5.10 Å². The maximum absolute atomic E-state index is 11.9. The first-order valence-electron chi connectivity index (χ1n) is 5.50. The van der Waals surface area contributed by atoms with Crippen molar-refractivity contribution in [3.05, 3.63) is 34.9 Å². The fraction of sp³-hybridized carbons (Fsp3) is 0.455. The highest BCUT2D eigenvalue weighted by atomic mass is 16.2. The molecule has 0 saturated heterocycles. The van der Waals surface area contributed by atoms with E-state index in [1.807, 2.05) is 32.0 Å². The monoisotopic (exact) mass is 220 g/mol. The van der Waals surface area contributed by atoms with Crippen molar-refractivity contribution in [3.8, 4) is 0 Å². The summed E-state index contributed by atoms with van der Waals surface area (Å²) in [5, 5.41) is 7.52. The lowest BCUT2D eigenvalue weighted by molar-refractivity contribution is 0.452. The normalized spacial score (nSPS) is 13.1. The van der Waals surface area contributed by atoms with Gasteiger partial charge in [-0.05, 0) is 25.6 Å². The molecular weight excluding hydrogens is 204 g/mol. The Hall–Kier alpha value is -1.62. The van der Waals surface area contributed by atoms with Crippen LogP contribution in [0, 0.1) is 0 Å². The standard InChI is InChI=1S/C11H16N4O/c1-3-12-9(2)8-15-11(16)14-7-5-4-6-10(14)13-15/h4-7,9,12H,3,8H2,1-2H3. The van der Waals surface area contributed by atoms with E-state index >= 15 is 0 Å². The molecule has 1 unspecified atom stereocenters. The minimum absolute atomic E-state index is 0.0830. The van der Waals surface area contributed by atoms with Gasteiger partial charge in [-0.2, -0.15) is 0 Å². The molecule has 0 fully saturated rings. The summed E-state index contributed by atoms with van der Waals surface area (Å²) in [6.07, 6.45) is 1.74. The summed E-state index contributed by atoms with van der Waals surface area (Å²) < 4.78 is 3.06. The van der Waals surface area contributed by atoms with E-state index in [1.54, 1.807) is 10.6 Å². The zero-order valence-electron chi connectivity index (χ0n) is 9.55. The van der Waals surface area contributed by atoms with Crippen molar-refractivity contribution < 1.29 is 0 Å². The van der Waals surface area contributed by atoms with Crippen molar-refractivity contribution in [1.82, 2.24) is 19.5 Å². The average Bonchev–Trinajstić information content (AvgIpc) is 2.57. The second kappa shape index (κ2) is 4.49. The van der Waals surface area contributed by atoms with Gasteiger partial charge < -0.3 is 5.32 Å². The predicted molar refractivity (Wildman–Crippen MR) is 62.6 cm³/mol. The van der Waals surface area contributed by atoms with Gasteiger partial charge in [0.2, 0.25) is 0 Å². The molecular formula is C11H16N4O. The van der Waals surface area contributed by atoms with Crippen LogP contribution in [0.3, 0.4) is 0 Å². The SMILES string of the molecule is CCNC(C)Cn1nc2ccccn2c1=O. The Bertz CT molecular complexity index is 528. The number of likely N-dealkylation sites (N-methyl/N-ethyl adjacent to an activating group) is 1. The quantitative estimate of drug-likeness (QED) is 0.816. The number of nitrogens with one attached hydrogen (secondary N) is 1. The lowest BCUT2D eigenvalue weighted by atomic mass is 10.3. The number of pyridine rings is 1. The second-order valence-corrected chi connectivity index (χ2v) is 3.85. The Labute approximate surface area is 93.7 Å². The zero-order valence-corrected chi connectivity index (χ0v) is 9.55. The van der Waals surface area contributed by atoms with Crippen molar-refractivity contribution in [2.24, 2.45) is 0 Å². The van der Waals surface area contributed by atoms with Crippen LogP contribution in [0.5, 0.6) is 0 Å². The first-order valence-corrected chi connectivity index (χ1v) is 5.50. The highest BCUT2D eigenvalue weighted by molar-refractivity contribution is 5.35. The minimum Gasteiger partial charge on any atom is -0.313 e. The van der Waals surface area contributed by atoms with E-state index in [0.717, 1.165) is 6.54 Å². The van der Waals surface area contributed by atoms with E-state index in [0.29, 0.717) is 12.2 Å². The Morgan fingerprint density at radius 3 is 3.00 bits per heavy atom. The van der Waals surface area contributed by atoms with Crippen LogP contribution in [-0.2, 0) is 6.54 Å². The maximum Gasteiger partial charge on any atom is 0.350 e. The number of nitrogens with zero attached hydrogens (tertiary/aromatic N) is 3. The van der Waals surface area contributed by atoms with E-state index in [9.17, 15) is 4.79 Å². The second-order valence-electron chi connectivity index (χ2n) is 3.85. The highest BCUT2D eigenvalue weighted by Crippen LogP contribution is 1.95. The lowest BCUT2D eigenvalue weighted by Gasteiger charge is -2.10. The molecule has 2 heterocycles. The Kier molecular flexibility index (Phi) is 3.05. The Morgan fingerprint density at radius 1 is 1.50 bits per heavy atom. The molecule has 1 atom stereocenters. The van der Waals surface area contributed by atoms with Crippen LogP contribution in [0.25, 0.3) is 5.65 Å². The molecule has 1 N–H and O–H groups in total. The number of aromatic nitrogens is 3. The summed E-state index contributed by atoms with van der Waals surface area (Å²) in [4.78, 5) is 11.9. The fourth-order valence-corrected chi connectivity index (χ4v) is 1.76. The van der Waals surface area contributed by atoms with Gasteiger partial charge in [0.25, 0.3) is 0 Å². The summed E-state index contributed by atoms with van der Waals surface area (Å²) in [6.45, 7) is 5.57. The molecule has 0 aliphatic rings. The summed E-state index contributed by atoms with van der Waals surface area (Å²) in [7, 11) is 0. The third kappa shape index (κ3) is 1.99. The molecule has 0 aliphatic heterocycles. The first kappa shape index (κ1) is 10.9. The van der Waals surface area contributed by atoms with Crippen LogP contribution in [-0.4, -0.2) is 26.8 Å². The van der Waals surface area contributed by atoms with Crippen LogP contribution < -0.4 is 11.0 Å². The van der Waals surface area contributed by atoms with Gasteiger partial charge in [0.1, 0.15) is 0 Å². The highest BCUT2D eigenvalue weighted by Gasteiger charge is 2.08. The molecule has 0 radical (unpaired) electrons. The van der Waals surface area contributed by atoms with Crippen LogP contribution in [0.1, 0.15) is 13.8 Å². The van der Waals surface area contributed by atoms with Gasteiger partial charge in [0.15, 0.2) is 5.65 Å². The molecule has 16 heavy (non-hydrogen) atoms. The molecule has 5 heteroatoms. The van der Waals surface area contributed by atoms with Crippen molar-refractivity contribution >= 4 is 5.65 Å². The molecule has 2 aromatic rings. The third-order valence-electron chi connectivity index (χ3n) is 2.49. The van der Waals surface area contributed by atoms with Crippen LogP contribution in [0.15, 0.2) is 29.2 Å². The Balaban J connectivity index is 2.31. The van der Waals surface area contributed by atoms with Crippen LogP contribution >= 0.6 is 0 Å². The Morgan fingerprint density at radius 2 is 2.31 bits per heavy atom. The largest absolute Gasteiger partial charge is 0.350 e. The number of hydrogen-bond donors (Lipinski definition) is 1. The molecule has 0 spiro atoms. The fourth-order valence-electron chi connectivity index (χ4n) is 1.76. The van der Waals surface area contributed by atoms with Gasteiger partial charge in [0, 0.05) is 12.2 Å². The molecule has 2 aromatic heterocycles. The first-order chi connectivity index (χ1) is 7.72. The van der Waals surface area contributed by atoms with Crippen molar-refractivity contribution in [2.45, 2.75) is 26.4 Å². The van der Waals surface area contributed by atoms with Crippen molar-refractivity contribution in [1.29, 1.82) is 0 Å². The molecule has 5 nitrogen and oxygen atoms in total. The summed E-state index contributed by atoms with van der Waals surface area (Å²) in [6, 6.07) is 5.77. The summed E-state index contributed by atoms with van der Waals surface area (Å²) in [5.41, 5.74) is 0.608. The molecule has 0 bridgehead atoms. The lowest BCUT2D eigenvalue weighted by Crippen LogP contribution is -2.34. The van der Waals surface area contributed by atoms with Gasteiger partial charge in [-0.25, -0.2) is 9.48 Å². The zero-order chi connectivity index (χ0) is 11.5. The van der Waals surface area contributed by atoms with E-state index in [1.165, 1.54) is 4.68 Å². The van der Waals surface area contributed by atoms with Crippen LogP contribution in [0.4, 0.5) is 0 Å². The van der Waals surface area contributed by atoms with Gasteiger partial charge in [0.05, 0.1) is 6.54 Å². The molecule has 86 valence electrons. The number of hydrogen-bond acceptors (Lipinski definition) is 3. The van der Waals surface area contributed by atoms with E-state index < -0.39 is 0 Å². The molecule has 2 rings (SSSR count). The summed E-state index contributed by atoms with van der Waals surface area (Å²) in [5.74, 6) is 0. The van der Waals surface area contributed by atoms with Gasteiger partial charge in [-0.1, -0.05) is 13.0 Å². The number of fused-ring (bicyclic) bond motifs is 1. The predicted octanol–water partition coefficient (Wildman–Crippen LogP) is 0.494. The molecule has 0 aliphatic carbocycles. The number of rotatable bonds is 4. The smallest absolute Gasteiger partial charge is 0.313 e. The van der Waals surface area contributed by atoms with E-state index in [2.05, 4.69) is 10.4 Å². The molecule has 0 saturated carbocycles. The van der Waals surface area contributed by atoms with E-state index in [4.69, 9.17) is 0 Å². The van der Waals surface area contributed by atoms with Crippen molar-refractivity contribution in [3.63, 3.8) is 0 Å². The minimum atomic E-state index is -0.0830. The average molecular weight is 220 g/mol. The molecule has 0 amide bonds. The van der Waals surface area contributed by atoms with E-state index in [-0.39, 0.29) is 11.7 Å². The topological polar surface area (TPSA) is 51.3 Å².